The van der Waals surface area contributed by atoms with E-state index in [4.69, 9.17) is 4.99 Å². The summed E-state index contributed by atoms with van der Waals surface area (Å²) in [7, 11) is 0. The average Bonchev–Trinajstić information content (AvgIpc) is 3.14. The van der Waals surface area contributed by atoms with Gasteiger partial charge >= 0.3 is 0 Å². The van der Waals surface area contributed by atoms with Crippen LogP contribution in [0.3, 0.4) is 0 Å². The van der Waals surface area contributed by atoms with Crippen LogP contribution in [0.15, 0.2) is 71.7 Å². The summed E-state index contributed by atoms with van der Waals surface area (Å²) in [6.07, 6.45) is 4.67. The molecule has 1 fully saturated rings. The fourth-order valence-electron chi connectivity index (χ4n) is 4.70. The van der Waals surface area contributed by atoms with Gasteiger partial charge in [-0.25, -0.2) is 4.99 Å². The maximum atomic E-state index is 13.6. The third-order valence-electron chi connectivity index (χ3n) is 6.66. The zero-order valence-electron chi connectivity index (χ0n) is 19.6. The minimum Gasteiger partial charge on any atom is -0.294 e. The summed E-state index contributed by atoms with van der Waals surface area (Å²) in [5.74, 6) is -0.0703. The van der Waals surface area contributed by atoms with Crippen molar-refractivity contribution in [2.75, 3.05) is 4.90 Å². The smallest absolute Gasteiger partial charge is 0.247 e. The Balaban J connectivity index is 1.46. The molecule has 1 aliphatic heterocycles. The Morgan fingerprint density at radius 1 is 0.941 bits per heavy atom. The zero-order chi connectivity index (χ0) is 23.7. The molecule has 3 aromatic rings. The van der Waals surface area contributed by atoms with Crippen molar-refractivity contribution >= 4 is 40.0 Å². The zero-order valence-corrected chi connectivity index (χ0v) is 20.4. The Labute approximate surface area is 205 Å². The number of aliphatic imine (C=N–C) groups is 1. The van der Waals surface area contributed by atoms with E-state index in [-0.39, 0.29) is 18.1 Å². The molecule has 1 saturated heterocycles. The highest BCUT2D eigenvalue weighted by molar-refractivity contribution is 8.16. The first-order chi connectivity index (χ1) is 16.5. The van der Waals surface area contributed by atoms with Crippen molar-refractivity contribution in [2.24, 2.45) is 4.99 Å². The molecule has 172 valence electrons. The predicted molar refractivity (Wildman–Crippen MR) is 140 cm³/mol. The predicted octanol–water partition coefficient (Wildman–Crippen LogP) is 6.59. The van der Waals surface area contributed by atoms with Gasteiger partial charge in [0, 0.05) is 12.0 Å². The number of hydrogen-bond donors (Lipinski definition) is 0. The van der Waals surface area contributed by atoms with Gasteiger partial charge in [-0.1, -0.05) is 60.3 Å². The van der Waals surface area contributed by atoms with Crippen LogP contribution >= 0.6 is 11.8 Å². The Bertz CT molecular complexity index is 1300. The number of amides is 1. The van der Waals surface area contributed by atoms with Crippen LogP contribution in [0.2, 0.25) is 0 Å². The number of amidine groups is 1. The number of nitrogens with zero attached hydrogens (tertiary/aromatic N) is 2. The van der Waals surface area contributed by atoms with Crippen LogP contribution in [0.5, 0.6) is 0 Å². The molecule has 0 aromatic heterocycles. The average molecular weight is 469 g/mol. The van der Waals surface area contributed by atoms with Crippen molar-refractivity contribution in [3.63, 3.8) is 0 Å². The standard InChI is InChI=1S/C29H28N2O2S/c1-19-9-3-7-13-24(19)30-29-31(25-14-8-4-10-20(25)2)28(33)27(34-29)18-26(32)23-16-15-21-11-5-6-12-22(21)17-23/h3-4,7-10,13-17,27H,5-6,11-12,18H2,1-2H3. The van der Waals surface area contributed by atoms with Crippen LogP contribution in [0.1, 0.15) is 51.9 Å². The van der Waals surface area contributed by atoms with Gasteiger partial charge in [0.2, 0.25) is 5.91 Å². The highest BCUT2D eigenvalue weighted by Gasteiger charge is 2.40. The van der Waals surface area contributed by atoms with E-state index in [1.54, 1.807) is 4.90 Å². The molecule has 1 atom stereocenters. The third-order valence-corrected chi connectivity index (χ3v) is 7.80. The first kappa shape index (κ1) is 22.6. The Kier molecular flexibility index (Phi) is 6.38. The molecule has 1 aliphatic carbocycles. The third kappa shape index (κ3) is 4.45. The van der Waals surface area contributed by atoms with Gasteiger partial charge in [-0.3, -0.25) is 14.5 Å². The van der Waals surface area contributed by atoms with E-state index in [0.717, 1.165) is 35.3 Å². The second-order valence-electron chi connectivity index (χ2n) is 9.07. The lowest BCUT2D eigenvalue weighted by molar-refractivity contribution is -0.116. The largest absolute Gasteiger partial charge is 0.294 e. The number of benzene rings is 3. The quantitative estimate of drug-likeness (QED) is 0.397. The molecule has 2 aliphatic rings. The van der Waals surface area contributed by atoms with E-state index in [1.807, 2.05) is 74.5 Å². The molecule has 1 unspecified atom stereocenters. The molecule has 0 spiro atoms. The number of hydrogen-bond acceptors (Lipinski definition) is 4. The lowest BCUT2D eigenvalue weighted by atomic mass is 9.89. The second kappa shape index (κ2) is 9.59. The SMILES string of the molecule is Cc1ccccc1N=C1SC(CC(=O)c2ccc3c(c2)CCCC3)C(=O)N1c1ccccc1C. The number of thioether (sulfide) groups is 1. The van der Waals surface area contributed by atoms with Crippen molar-refractivity contribution in [1.82, 2.24) is 0 Å². The first-order valence-electron chi connectivity index (χ1n) is 11.9. The first-order valence-corrected chi connectivity index (χ1v) is 12.7. The molecule has 34 heavy (non-hydrogen) atoms. The van der Waals surface area contributed by atoms with Gasteiger partial charge in [0.25, 0.3) is 0 Å². The number of rotatable bonds is 5. The summed E-state index contributed by atoms with van der Waals surface area (Å²) in [5.41, 5.74) is 7.03. The molecule has 0 bridgehead atoms. The fraction of sp³-hybridized carbons (Fsp3) is 0.276. The lowest BCUT2D eigenvalue weighted by Gasteiger charge is -2.19. The normalized spacial score (nSPS) is 18.9. The maximum absolute atomic E-state index is 13.6. The van der Waals surface area contributed by atoms with Crippen LogP contribution in [0.25, 0.3) is 0 Å². The number of Topliss-reactive ketones (excluding diaryl/α,β-unsaturated/α-hetero) is 1. The summed E-state index contributed by atoms with van der Waals surface area (Å²) in [4.78, 5) is 33.4. The second-order valence-corrected chi connectivity index (χ2v) is 10.2. The van der Waals surface area contributed by atoms with Gasteiger partial charge in [-0.05, 0) is 80.0 Å². The molecule has 0 saturated carbocycles. The maximum Gasteiger partial charge on any atom is 0.247 e. The van der Waals surface area contributed by atoms with E-state index in [2.05, 4.69) is 6.07 Å². The van der Waals surface area contributed by atoms with Crippen LogP contribution < -0.4 is 4.90 Å². The van der Waals surface area contributed by atoms with E-state index in [1.165, 1.54) is 35.7 Å². The summed E-state index contributed by atoms with van der Waals surface area (Å²) in [5, 5.41) is 0.128. The van der Waals surface area contributed by atoms with Gasteiger partial charge in [0.1, 0.15) is 0 Å². The highest BCUT2D eigenvalue weighted by atomic mass is 32.2. The van der Waals surface area contributed by atoms with E-state index in [9.17, 15) is 9.59 Å². The minimum absolute atomic E-state index is 0.0149. The Hall–Kier alpha value is -3.18. The number of carbonyl (C=O) groups excluding carboxylic acids is 2. The number of aryl methyl sites for hydroxylation is 4. The summed E-state index contributed by atoms with van der Waals surface area (Å²) >= 11 is 1.39. The molecule has 1 heterocycles. The summed E-state index contributed by atoms with van der Waals surface area (Å²) < 4.78 is 0. The molecule has 4 nitrogen and oxygen atoms in total. The molecule has 5 heteroatoms. The van der Waals surface area contributed by atoms with Gasteiger partial charge in [0.05, 0.1) is 16.6 Å². The van der Waals surface area contributed by atoms with Gasteiger partial charge in [-0.15, -0.1) is 0 Å². The number of carbonyl (C=O) groups is 2. The Morgan fingerprint density at radius 3 is 2.41 bits per heavy atom. The number of fused-ring (bicyclic) bond motifs is 1. The molecule has 3 aromatic carbocycles. The van der Waals surface area contributed by atoms with E-state index in [0.29, 0.717) is 10.7 Å². The van der Waals surface area contributed by atoms with E-state index < -0.39 is 5.25 Å². The molecule has 1 amide bonds. The molecule has 5 rings (SSSR count). The van der Waals surface area contributed by atoms with Gasteiger partial charge < -0.3 is 0 Å². The van der Waals surface area contributed by atoms with Crippen LogP contribution in [-0.2, 0) is 17.6 Å². The Morgan fingerprint density at radius 2 is 1.65 bits per heavy atom. The van der Waals surface area contributed by atoms with Crippen molar-refractivity contribution in [3.8, 4) is 0 Å². The van der Waals surface area contributed by atoms with Gasteiger partial charge in [-0.2, -0.15) is 0 Å². The van der Waals surface area contributed by atoms with Crippen LogP contribution in [0, 0.1) is 13.8 Å². The topological polar surface area (TPSA) is 49.7 Å². The monoisotopic (exact) mass is 468 g/mol. The number of ketones is 1. The van der Waals surface area contributed by atoms with Crippen LogP contribution in [-0.4, -0.2) is 22.1 Å². The molecular formula is C29H28N2O2S. The fourth-order valence-corrected chi connectivity index (χ4v) is 5.84. The number of para-hydroxylation sites is 2. The van der Waals surface area contributed by atoms with Crippen molar-refractivity contribution < 1.29 is 9.59 Å². The molecule has 0 N–H and O–H groups in total. The lowest BCUT2D eigenvalue weighted by Crippen LogP contribution is -2.33. The van der Waals surface area contributed by atoms with E-state index >= 15 is 0 Å². The van der Waals surface area contributed by atoms with Crippen LogP contribution in [0.4, 0.5) is 11.4 Å². The van der Waals surface area contributed by atoms with Crippen molar-refractivity contribution in [1.29, 1.82) is 0 Å². The highest BCUT2D eigenvalue weighted by Crippen LogP contribution is 2.37. The summed E-state index contributed by atoms with van der Waals surface area (Å²) in [6, 6.07) is 21.8. The molecule has 0 radical (unpaired) electrons. The van der Waals surface area contributed by atoms with Crippen molar-refractivity contribution in [3.05, 3.63) is 94.5 Å². The summed E-state index contributed by atoms with van der Waals surface area (Å²) in [6.45, 7) is 4.00. The minimum atomic E-state index is -0.495. The van der Waals surface area contributed by atoms with Crippen molar-refractivity contribution in [2.45, 2.75) is 51.2 Å². The van der Waals surface area contributed by atoms with Gasteiger partial charge in [0.15, 0.2) is 11.0 Å². The molecular weight excluding hydrogens is 440 g/mol. The number of anilines is 1.